The maximum atomic E-state index is 13.3. The van der Waals surface area contributed by atoms with Crippen LogP contribution in [0.5, 0.6) is 0 Å². The first-order chi connectivity index (χ1) is 13.4. The molecule has 0 saturated heterocycles. The van der Waals surface area contributed by atoms with Crippen molar-refractivity contribution in [2.24, 2.45) is 0 Å². The molecule has 0 N–H and O–H groups in total. The Balaban J connectivity index is 1.87. The standard InChI is InChI=1S/C25H27NO2/c1-5-18-12-14-19(15-13-18)25(4)17-24(2,3)26(21-10-7-6-9-20(21)25)23(27)22-11-8-16-28-22/h6-16H,5,17H2,1-4H3/t25-/m0/s1. The lowest BCUT2D eigenvalue weighted by Gasteiger charge is -2.51. The highest BCUT2D eigenvalue weighted by Crippen LogP contribution is 2.50. The average Bonchev–Trinajstić information content (AvgIpc) is 3.22. The van der Waals surface area contributed by atoms with Crippen LogP contribution in [0.1, 0.15) is 61.4 Å². The largest absolute Gasteiger partial charge is 0.459 e. The number of furan rings is 1. The third-order valence-corrected chi connectivity index (χ3v) is 6.07. The van der Waals surface area contributed by atoms with Crippen LogP contribution in [0.3, 0.4) is 0 Å². The number of hydrogen-bond acceptors (Lipinski definition) is 2. The number of fused-ring (bicyclic) bond motifs is 1. The zero-order chi connectivity index (χ0) is 19.9. The fourth-order valence-electron chi connectivity index (χ4n) is 4.76. The van der Waals surface area contributed by atoms with E-state index in [0.717, 1.165) is 18.5 Å². The smallest absolute Gasteiger partial charge is 0.294 e. The van der Waals surface area contributed by atoms with Gasteiger partial charge in [0.05, 0.1) is 6.26 Å². The Morgan fingerprint density at radius 3 is 2.36 bits per heavy atom. The molecule has 3 nitrogen and oxygen atoms in total. The summed E-state index contributed by atoms with van der Waals surface area (Å²) in [6, 6.07) is 20.7. The van der Waals surface area contributed by atoms with Gasteiger partial charge in [0, 0.05) is 16.6 Å². The van der Waals surface area contributed by atoms with Crippen molar-refractivity contribution in [2.45, 2.75) is 51.5 Å². The third kappa shape index (κ3) is 2.86. The molecule has 3 aromatic rings. The van der Waals surface area contributed by atoms with E-state index in [1.165, 1.54) is 16.7 Å². The lowest BCUT2D eigenvalue weighted by Crippen LogP contribution is -2.55. The summed E-state index contributed by atoms with van der Waals surface area (Å²) in [6.45, 7) is 8.75. The summed E-state index contributed by atoms with van der Waals surface area (Å²) in [5.41, 5.74) is 4.23. The second-order valence-corrected chi connectivity index (χ2v) is 8.51. The number of para-hydroxylation sites is 1. The first-order valence-electron chi connectivity index (χ1n) is 9.94. The molecule has 0 radical (unpaired) electrons. The summed E-state index contributed by atoms with van der Waals surface area (Å²) in [6.07, 6.45) is 3.41. The Kier molecular flexibility index (Phi) is 4.41. The Labute approximate surface area is 167 Å². The second-order valence-electron chi connectivity index (χ2n) is 8.51. The molecule has 0 fully saturated rings. The van der Waals surface area contributed by atoms with Gasteiger partial charge >= 0.3 is 0 Å². The Bertz CT molecular complexity index is 986. The highest BCUT2D eigenvalue weighted by atomic mass is 16.3. The number of rotatable bonds is 3. The van der Waals surface area contributed by atoms with E-state index < -0.39 is 0 Å². The molecule has 1 amide bonds. The van der Waals surface area contributed by atoms with Crippen LogP contribution in [0, 0.1) is 0 Å². The lowest BCUT2D eigenvalue weighted by molar-refractivity contribution is 0.0921. The van der Waals surface area contributed by atoms with E-state index in [0.29, 0.717) is 5.76 Å². The number of hydrogen-bond donors (Lipinski definition) is 0. The van der Waals surface area contributed by atoms with Crippen LogP contribution in [-0.2, 0) is 11.8 Å². The minimum atomic E-state index is -0.365. The van der Waals surface area contributed by atoms with Gasteiger partial charge in [0.2, 0.25) is 0 Å². The second kappa shape index (κ2) is 6.66. The van der Waals surface area contributed by atoms with Gasteiger partial charge in [-0.25, -0.2) is 0 Å². The van der Waals surface area contributed by atoms with Crippen LogP contribution in [0.25, 0.3) is 0 Å². The quantitative estimate of drug-likeness (QED) is 0.566. The summed E-state index contributed by atoms with van der Waals surface area (Å²) < 4.78 is 5.43. The van der Waals surface area contributed by atoms with Crippen LogP contribution in [0.4, 0.5) is 5.69 Å². The van der Waals surface area contributed by atoms with Gasteiger partial charge in [0.1, 0.15) is 0 Å². The van der Waals surface area contributed by atoms with E-state index in [1.54, 1.807) is 18.4 Å². The summed E-state index contributed by atoms with van der Waals surface area (Å²) >= 11 is 0. The van der Waals surface area contributed by atoms with Gasteiger partial charge in [0.25, 0.3) is 5.91 Å². The number of amides is 1. The highest BCUT2D eigenvalue weighted by Gasteiger charge is 2.48. The Hall–Kier alpha value is -2.81. The highest BCUT2D eigenvalue weighted by molar-refractivity contribution is 6.06. The van der Waals surface area contributed by atoms with Gasteiger partial charge in [-0.15, -0.1) is 0 Å². The number of benzene rings is 2. The molecule has 28 heavy (non-hydrogen) atoms. The molecular formula is C25H27NO2. The molecule has 1 aromatic heterocycles. The fourth-order valence-corrected chi connectivity index (χ4v) is 4.76. The van der Waals surface area contributed by atoms with Crippen molar-refractivity contribution < 1.29 is 9.21 Å². The molecule has 1 atom stereocenters. The predicted octanol–water partition coefficient (Wildman–Crippen LogP) is 5.98. The lowest BCUT2D eigenvalue weighted by atomic mass is 9.65. The zero-order valence-electron chi connectivity index (χ0n) is 17.0. The number of anilines is 1. The van der Waals surface area contributed by atoms with E-state index in [-0.39, 0.29) is 16.9 Å². The molecule has 2 aromatic carbocycles. The summed E-state index contributed by atoms with van der Waals surface area (Å²) in [5.74, 6) is 0.282. The molecule has 0 bridgehead atoms. The summed E-state index contributed by atoms with van der Waals surface area (Å²) in [4.78, 5) is 15.2. The normalized spacial score (nSPS) is 20.6. The van der Waals surface area contributed by atoms with Gasteiger partial charge < -0.3 is 4.42 Å². The first kappa shape index (κ1) is 18.5. The topological polar surface area (TPSA) is 33.5 Å². The number of aryl methyl sites for hydroxylation is 1. The minimum Gasteiger partial charge on any atom is -0.459 e. The maximum absolute atomic E-state index is 13.3. The SMILES string of the molecule is CCc1ccc([C@]2(C)CC(C)(C)N(C(=O)c3ccco3)c3ccccc32)cc1. The summed E-state index contributed by atoms with van der Waals surface area (Å²) in [5, 5.41) is 0. The Morgan fingerprint density at radius 2 is 1.71 bits per heavy atom. The molecule has 0 spiro atoms. The van der Waals surface area contributed by atoms with Gasteiger partial charge in [-0.05, 0) is 61.6 Å². The molecule has 0 saturated carbocycles. The van der Waals surface area contributed by atoms with Gasteiger partial charge in [-0.2, -0.15) is 0 Å². The van der Waals surface area contributed by atoms with E-state index in [2.05, 4.69) is 70.2 Å². The van der Waals surface area contributed by atoms with Crippen LogP contribution in [0.2, 0.25) is 0 Å². The van der Waals surface area contributed by atoms with Crippen molar-refractivity contribution in [2.75, 3.05) is 4.90 Å². The molecule has 0 unspecified atom stereocenters. The molecule has 1 aliphatic rings. The van der Waals surface area contributed by atoms with Crippen molar-refractivity contribution in [3.63, 3.8) is 0 Å². The van der Waals surface area contributed by atoms with E-state index in [9.17, 15) is 4.79 Å². The molecule has 1 aliphatic heterocycles. The van der Waals surface area contributed by atoms with Crippen LogP contribution in [-0.4, -0.2) is 11.4 Å². The third-order valence-electron chi connectivity index (χ3n) is 6.07. The molecule has 144 valence electrons. The molecule has 4 rings (SSSR count). The van der Waals surface area contributed by atoms with Crippen molar-refractivity contribution >= 4 is 11.6 Å². The Morgan fingerprint density at radius 1 is 1.00 bits per heavy atom. The van der Waals surface area contributed by atoms with E-state index in [4.69, 9.17) is 4.42 Å². The fraction of sp³-hybridized carbons (Fsp3) is 0.320. The maximum Gasteiger partial charge on any atom is 0.294 e. The molecular weight excluding hydrogens is 346 g/mol. The van der Waals surface area contributed by atoms with Gasteiger partial charge in [-0.1, -0.05) is 56.3 Å². The van der Waals surface area contributed by atoms with Gasteiger partial charge in [-0.3, -0.25) is 9.69 Å². The van der Waals surface area contributed by atoms with Crippen molar-refractivity contribution in [1.82, 2.24) is 0 Å². The monoisotopic (exact) mass is 373 g/mol. The molecule has 2 heterocycles. The van der Waals surface area contributed by atoms with Crippen LogP contribution in [0.15, 0.2) is 71.3 Å². The van der Waals surface area contributed by atoms with Crippen molar-refractivity contribution in [1.29, 1.82) is 0 Å². The average molecular weight is 373 g/mol. The molecule has 0 aliphatic carbocycles. The van der Waals surface area contributed by atoms with E-state index >= 15 is 0 Å². The zero-order valence-corrected chi connectivity index (χ0v) is 17.0. The minimum absolute atomic E-state index is 0.0918. The number of carbonyl (C=O) groups excluding carboxylic acids is 1. The molecule has 3 heteroatoms. The van der Waals surface area contributed by atoms with Gasteiger partial charge in [0.15, 0.2) is 5.76 Å². The number of nitrogens with zero attached hydrogens (tertiary/aromatic N) is 1. The van der Waals surface area contributed by atoms with Crippen molar-refractivity contribution in [3.05, 3.63) is 89.4 Å². The van der Waals surface area contributed by atoms with Crippen molar-refractivity contribution in [3.8, 4) is 0 Å². The van der Waals surface area contributed by atoms with E-state index in [1.807, 2.05) is 11.0 Å². The van der Waals surface area contributed by atoms with Crippen LogP contribution < -0.4 is 4.90 Å². The first-order valence-corrected chi connectivity index (χ1v) is 9.94. The summed E-state index contributed by atoms with van der Waals surface area (Å²) in [7, 11) is 0. The predicted molar refractivity (Wildman–Crippen MR) is 113 cm³/mol. The number of carbonyl (C=O) groups is 1. The van der Waals surface area contributed by atoms with Crippen LogP contribution >= 0.6 is 0 Å².